The van der Waals surface area contributed by atoms with Crippen molar-refractivity contribution < 1.29 is 4.79 Å². The standard InChI is InChI=1S/C10H15N3O/c1-2-7-10-8(13-12-7)3-6(5-11)4-9(10)14/h6H,2-5,11H2,1H3,(H,12,13). The minimum absolute atomic E-state index is 0.201. The molecule has 0 amide bonds. The van der Waals surface area contributed by atoms with Crippen LogP contribution in [0.2, 0.25) is 0 Å². The molecule has 1 atom stereocenters. The summed E-state index contributed by atoms with van der Waals surface area (Å²) in [7, 11) is 0. The van der Waals surface area contributed by atoms with E-state index in [0.717, 1.165) is 29.8 Å². The number of hydrogen-bond acceptors (Lipinski definition) is 3. The van der Waals surface area contributed by atoms with Crippen LogP contribution in [-0.4, -0.2) is 22.5 Å². The van der Waals surface area contributed by atoms with Crippen molar-refractivity contribution >= 4 is 5.78 Å². The molecule has 1 aromatic heterocycles. The molecule has 14 heavy (non-hydrogen) atoms. The van der Waals surface area contributed by atoms with Crippen LogP contribution in [0.15, 0.2) is 0 Å². The van der Waals surface area contributed by atoms with E-state index in [1.807, 2.05) is 6.92 Å². The number of rotatable bonds is 2. The molecule has 0 aromatic carbocycles. The number of H-pyrrole nitrogens is 1. The molecule has 0 radical (unpaired) electrons. The summed E-state index contributed by atoms with van der Waals surface area (Å²) in [6, 6.07) is 0. The first-order valence-corrected chi connectivity index (χ1v) is 5.05. The molecule has 3 N–H and O–H groups in total. The molecule has 1 unspecified atom stereocenters. The lowest BCUT2D eigenvalue weighted by Crippen LogP contribution is -2.26. The van der Waals surface area contributed by atoms with Crippen LogP contribution in [0, 0.1) is 5.92 Å². The van der Waals surface area contributed by atoms with Gasteiger partial charge >= 0.3 is 0 Å². The van der Waals surface area contributed by atoms with Crippen molar-refractivity contribution in [3.8, 4) is 0 Å². The van der Waals surface area contributed by atoms with Crippen molar-refractivity contribution in [2.75, 3.05) is 6.54 Å². The quantitative estimate of drug-likeness (QED) is 0.725. The number of aryl methyl sites for hydroxylation is 1. The molecule has 1 aliphatic rings. The summed E-state index contributed by atoms with van der Waals surface area (Å²) in [4.78, 5) is 11.8. The Balaban J connectivity index is 2.37. The molecular formula is C10H15N3O. The Hall–Kier alpha value is -1.16. The van der Waals surface area contributed by atoms with Gasteiger partial charge in [0.2, 0.25) is 0 Å². The normalized spacial score (nSPS) is 21.0. The maximum Gasteiger partial charge on any atom is 0.166 e. The zero-order chi connectivity index (χ0) is 10.1. The van der Waals surface area contributed by atoms with Gasteiger partial charge in [-0.1, -0.05) is 6.92 Å². The van der Waals surface area contributed by atoms with Crippen molar-refractivity contribution in [2.24, 2.45) is 11.7 Å². The van der Waals surface area contributed by atoms with E-state index in [9.17, 15) is 4.79 Å². The average molecular weight is 193 g/mol. The van der Waals surface area contributed by atoms with Gasteiger partial charge in [0, 0.05) is 12.1 Å². The Bertz CT molecular complexity index is 356. The van der Waals surface area contributed by atoms with E-state index in [-0.39, 0.29) is 5.78 Å². The maximum atomic E-state index is 11.8. The number of ketones is 1. The zero-order valence-corrected chi connectivity index (χ0v) is 8.34. The highest BCUT2D eigenvalue weighted by molar-refractivity contribution is 5.99. The molecule has 0 spiro atoms. The highest BCUT2D eigenvalue weighted by atomic mass is 16.1. The smallest absolute Gasteiger partial charge is 0.166 e. The third kappa shape index (κ3) is 1.35. The number of carbonyl (C=O) groups excluding carboxylic acids is 1. The first kappa shape index (κ1) is 9.40. The number of nitrogens with one attached hydrogen (secondary N) is 1. The Morgan fingerprint density at radius 1 is 1.57 bits per heavy atom. The summed E-state index contributed by atoms with van der Waals surface area (Å²) >= 11 is 0. The Morgan fingerprint density at radius 2 is 2.36 bits per heavy atom. The van der Waals surface area contributed by atoms with E-state index in [0.29, 0.717) is 18.9 Å². The molecule has 4 nitrogen and oxygen atoms in total. The highest BCUT2D eigenvalue weighted by Gasteiger charge is 2.28. The molecule has 0 fully saturated rings. The largest absolute Gasteiger partial charge is 0.330 e. The summed E-state index contributed by atoms with van der Waals surface area (Å²) < 4.78 is 0. The molecule has 4 heteroatoms. The van der Waals surface area contributed by atoms with Crippen LogP contribution in [-0.2, 0) is 12.8 Å². The van der Waals surface area contributed by atoms with Gasteiger partial charge in [0.1, 0.15) is 0 Å². The molecular weight excluding hydrogens is 178 g/mol. The number of carbonyl (C=O) groups is 1. The Kier molecular flexibility index (Phi) is 2.37. The second-order valence-electron chi connectivity index (χ2n) is 3.81. The second-order valence-corrected chi connectivity index (χ2v) is 3.81. The number of nitrogens with zero attached hydrogens (tertiary/aromatic N) is 1. The molecule has 0 aliphatic heterocycles. The van der Waals surface area contributed by atoms with Crippen molar-refractivity contribution in [1.82, 2.24) is 10.2 Å². The monoisotopic (exact) mass is 193 g/mol. The number of hydrogen-bond donors (Lipinski definition) is 2. The molecule has 0 saturated carbocycles. The average Bonchev–Trinajstić information content (AvgIpc) is 2.61. The first-order valence-electron chi connectivity index (χ1n) is 5.05. The van der Waals surface area contributed by atoms with Crippen LogP contribution in [0.1, 0.15) is 35.1 Å². The lowest BCUT2D eigenvalue weighted by molar-refractivity contribution is 0.0949. The first-order chi connectivity index (χ1) is 6.76. The van der Waals surface area contributed by atoms with Crippen molar-refractivity contribution in [1.29, 1.82) is 0 Å². The van der Waals surface area contributed by atoms with Gasteiger partial charge in [-0.05, 0) is 25.3 Å². The minimum Gasteiger partial charge on any atom is -0.330 e. The van der Waals surface area contributed by atoms with Crippen LogP contribution in [0.25, 0.3) is 0 Å². The van der Waals surface area contributed by atoms with Gasteiger partial charge < -0.3 is 5.73 Å². The Morgan fingerprint density at radius 3 is 3.00 bits per heavy atom. The van der Waals surface area contributed by atoms with Gasteiger partial charge in [-0.15, -0.1) is 0 Å². The third-order valence-electron chi connectivity index (χ3n) is 2.83. The molecule has 1 aliphatic carbocycles. The van der Waals surface area contributed by atoms with Gasteiger partial charge in [-0.3, -0.25) is 9.89 Å². The molecule has 0 bridgehead atoms. The topological polar surface area (TPSA) is 71.8 Å². The second kappa shape index (κ2) is 3.53. The number of aromatic amines is 1. The van der Waals surface area contributed by atoms with E-state index in [4.69, 9.17) is 5.73 Å². The van der Waals surface area contributed by atoms with E-state index in [1.54, 1.807) is 0 Å². The number of aromatic nitrogens is 2. The highest BCUT2D eigenvalue weighted by Crippen LogP contribution is 2.25. The van der Waals surface area contributed by atoms with Crippen LogP contribution in [0.4, 0.5) is 0 Å². The Labute approximate surface area is 82.9 Å². The van der Waals surface area contributed by atoms with Gasteiger partial charge in [0.05, 0.1) is 11.3 Å². The van der Waals surface area contributed by atoms with Crippen LogP contribution < -0.4 is 5.73 Å². The van der Waals surface area contributed by atoms with E-state index < -0.39 is 0 Å². The summed E-state index contributed by atoms with van der Waals surface area (Å²) in [5.41, 5.74) is 8.29. The van der Waals surface area contributed by atoms with Crippen LogP contribution in [0.3, 0.4) is 0 Å². The molecule has 2 rings (SSSR count). The number of nitrogens with two attached hydrogens (primary N) is 1. The van der Waals surface area contributed by atoms with Gasteiger partial charge in [0.15, 0.2) is 5.78 Å². The van der Waals surface area contributed by atoms with Gasteiger partial charge in [-0.25, -0.2) is 0 Å². The van der Waals surface area contributed by atoms with Crippen molar-refractivity contribution in [3.05, 3.63) is 17.0 Å². The summed E-state index contributed by atoms with van der Waals surface area (Å²) in [6.07, 6.45) is 2.26. The summed E-state index contributed by atoms with van der Waals surface area (Å²) in [5, 5.41) is 7.09. The van der Waals surface area contributed by atoms with Crippen molar-refractivity contribution in [3.63, 3.8) is 0 Å². The van der Waals surface area contributed by atoms with Gasteiger partial charge in [-0.2, -0.15) is 5.10 Å². The summed E-state index contributed by atoms with van der Waals surface area (Å²) in [6.45, 7) is 2.59. The lowest BCUT2D eigenvalue weighted by Gasteiger charge is -2.19. The molecule has 76 valence electrons. The number of Topliss-reactive ketones (excluding diaryl/α,β-unsaturated/α-hetero) is 1. The minimum atomic E-state index is 0.201. The molecule has 1 heterocycles. The predicted molar refractivity (Wildman–Crippen MR) is 53.2 cm³/mol. The van der Waals surface area contributed by atoms with E-state index in [2.05, 4.69) is 10.2 Å². The predicted octanol–water partition coefficient (Wildman–Crippen LogP) is 0.676. The number of fused-ring (bicyclic) bond motifs is 1. The van der Waals surface area contributed by atoms with Crippen LogP contribution >= 0.6 is 0 Å². The fourth-order valence-electron chi connectivity index (χ4n) is 2.05. The van der Waals surface area contributed by atoms with Gasteiger partial charge in [0.25, 0.3) is 0 Å². The SMILES string of the molecule is CCc1n[nH]c2c1C(=O)CC(CN)C2. The van der Waals surface area contributed by atoms with Crippen LogP contribution in [0.5, 0.6) is 0 Å². The maximum absolute atomic E-state index is 11.8. The van der Waals surface area contributed by atoms with E-state index in [1.165, 1.54) is 0 Å². The zero-order valence-electron chi connectivity index (χ0n) is 8.34. The third-order valence-corrected chi connectivity index (χ3v) is 2.83. The molecule has 1 aromatic rings. The van der Waals surface area contributed by atoms with Crippen molar-refractivity contribution in [2.45, 2.75) is 26.2 Å². The summed E-state index contributed by atoms with van der Waals surface area (Å²) in [5.74, 6) is 0.493. The fourth-order valence-corrected chi connectivity index (χ4v) is 2.05. The fraction of sp³-hybridized carbons (Fsp3) is 0.600. The van der Waals surface area contributed by atoms with E-state index >= 15 is 0 Å². The molecule has 0 saturated heterocycles. The lowest BCUT2D eigenvalue weighted by atomic mass is 9.85.